The summed E-state index contributed by atoms with van der Waals surface area (Å²) in [6, 6.07) is 84.7. The normalized spacial score (nSPS) is 11.8. The van der Waals surface area contributed by atoms with Gasteiger partial charge in [0, 0.05) is 69.8 Å². The summed E-state index contributed by atoms with van der Waals surface area (Å²) in [5.41, 5.74) is 14.6. The highest BCUT2D eigenvalue weighted by Gasteiger charge is 2.20. The molecule has 322 valence electrons. The van der Waals surface area contributed by atoms with Crippen molar-refractivity contribution in [3.63, 3.8) is 0 Å². The lowest BCUT2D eigenvalue weighted by atomic mass is 9.98. The Morgan fingerprint density at radius 3 is 1.23 bits per heavy atom. The van der Waals surface area contributed by atoms with E-state index >= 15 is 0 Å². The van der Waals surface area contributed by atoms with E-state index < -0.39 is 0 Å². The number of hydrogen-bond donors (Lipinski definition) is 0. The smallest absolute Gasteiger partial charge is 0.164 e. The van der Waals surface area contributed by atoms with Crippen LogP contribution in [0.4, 0.5) is 0 Å². The van der Waals surface area contributed by atoms with Crippen LogP contribution in [0, 0.1) is 0 Å². The molecule has 14 aromatic rings. The second kappa shape index (κ2) is 15.8. The zero-order chi connectivity index (χ0) is 45.4. The minimum absolute atomic E-state index is 0.652. The Hall–Kier alpha value is -8.97. The zero-order valence-corrected chi connectivity index (χ0v) is 38.0. The van der Waals surface area contributed by atoms with Gasteiger partial charge in [-0.05, 0) is 107 Å². The van der Waals surface area contributed by atoms with Crippen molar-refractivity contribution in [2.45, 2.75) is 0 Å². The molecule has 0 aliphatic rings. The summed E-state index contributed by atoms with van der Waals surface area (Å²) in [6.07, 6.45) is 0. The van der Waals surface area contributed by atoms with Crippen molar-refractivity contribution in [2.24, 2.45) is 0 Å². The molecule has 0 atom stereocenters. The molecule has 0 spiro atoms. The van der Waals surface area contributed by atoms with Gasteiger partial charge < -0.3 is 9.13 Å². The van der Waals surface area contributed by atoms with Crippen molar-refractivity contribution in [2.75, 3.05) is 0 Å². The van der Waals surface area contributed by atoms with Crippen LogP contribution in [0.2, 0.25) is 0 Å². The second-order valence-corrected chi connectivity index (χ2v) is 18.7. The van der Waals surface area contributed by atoms with E-state index in [9.17, 15) is 0 Å². The van der Waals surface area contributed by atoms with Crippen molar-refractivity contribution >= 4 is 75.1 Å². The number of thiophene rings is 1. The fourth-order valence-electron chi connectivity index (χ4n) is 10.4. The molecule has 4 aromatic heterocycles. The number of nitrogens with zero attached hydrogens (tertiary/aromatic N) is 5. The Morgan fingerprint density at radius 1 is 0.275 bits per heavy atom. The van der Waals surface area contributed by atoms with Crippen LogP contribution in [0.3, 0.4) is 0 Å². The Bertz CT molecular complexity index is 4230. The maximum absolute atomic E-state index is 5.16. The van der Waals surface area contributed by atoms with E-state index in [1.165, 1.54) is 69.5 Å². The minimum atomic E-state index is 0.652. The fourth-order valence-corrected chi connectivity index (χ4v) is 11.5. The van der Waals surface area contributed by atoms with Gasteiger partial charge in [0.05, 0.1) is 22.1 Å². The summed E-state index contributed by atoms with van der Waals surface area (Å²) < 4.78 is 7.19. The number of fused-ring (bicyclic) bond motifs is 9. The molecule has 0 N–H and O–H groups in total. The molecule has 0 saturated heterocycles. The summed E-state index contributed by atoms with van der Waals surface area (Å²) in [5.74, 6) is 1.96. The largest absolute Gasteiger partial charge is 0.309 e. The molecule has 0 aliphatic carbocycles. The number of rotatable bonds is 7. The molecule has 6 heteroatoms. The Labute approximate surface area is 401 Å². The molecule has 0 aliphatic heterocycles. The first-order valence-corrected chi connectivity index (χ1v) is 24.1. The highest BCUT2D eigenvalue weighted by Crippen LogP contribution is 2.43. The van der Waals surface area contributed by atoms with Gasteiger partial charge in [0.1, 0.15) is 0 Å². The van der Waals surface area contributed by atoms with E-state index in [1.807, 2.05) is 36.4 Å². The number of hydrogen-bond acceptors (Lipinski definition) is 4. The number of aromatic nitrogens is 5. The number of para-hydroxylation sites is 3. The molecule has 0 amide bonds. The standard InChI is InChI=1S/C63H39N5S/c1-5-16-40(17-6-1)61-64-62(41-18-7-2-8-19-41)66-63(65-61)49-25-15-27-59-60(49)53-39-45(31-35-58(53)69-59)44-30-34-57-52(38-44)51-37-43(29-33-56(51)68(57)47-22-11-4-12-23-47)42-28-32-55-50(36-42)48-24-13-14-26-54(48)67(55)46-20-9-3-10-21-46/h1-39H. The van der Waals surface area contributed by atoms with Crippen LogP contribution in [-0.2, 0) is 0 Å². The predicted octanol–water partition coefficient (Wildman–Crippen LogP) is 16.8. The Kier molecular flexibility index (Phi) is 9.00. The van der Waals surface area contributed by atoms with Crippen LogP contribution in [0.5, 0.6) is 0 Å². The topological polar surface area (TPSA) is 48.5 Å². The average molecular weight is 898 g/mol. The van der Waals surface area contributed by atoms with Crippen molar-refractivity contribution in [1.82, 2.24) is 24.1 Å². The first-order valence-electron chi connectivity index (χ1n) is 23.3. The van der Waals surface area contributed by atoms with E-state index in [-0.39, 0.29) is 0 Å². The monoisotopic (exact) mass is 897 g/mol. The van der Waals surface area contributed by atoms with E-state index in [1.54, 1.807) is 11.3 Å². The van der Waals surface area contributed by atoms with Crippen LogP contribution in [-0.4, -0.2) is 24.1 Å². The molecule has 10 aromatic carbocycles. The van der Waals surface area contributed by atoms with E-state index in [2.05, 4.69) is 209 Å². The van der Waals surface area contributed by atoms with E-state index in [0.717, 1.165) is 44.6 Å². The van der Waals surface area contributed by atoms with Crippen LogP contribution in [0.25, 0.3) is 132 Å². The molecule has 0 unspecified atom stereocenters. The zero-order valence-electron chi connectivity index (χ0n) is 37.2. The summed E-state index contributed by atoms with van der Waals surface area (Å²) in [5, 5.41) is 7.24. The molecule has 69 heavy (non-hydrogen) atoms. The highest BCUT2D eigenvalue weighted by molar-refractivity contribution is 7.26. The Morgan fingerprint density at radius 2 is 0.696 bits per heavy atom. The predicted molar refractivity (Wildman–Crippen MR) is 289 cm³/mol. The molecular weight excluding hydrogens is 859 g/mol. The van der Waals surface area contributed by atoms with Gasteiger partial charge >= 0.3 is 0 Å². The van der Waals surface area contributed by atoms with E-state index in [4.69, 9.17) is 15.0 Å². The lowest BCUT2D eigenvalue weighted by Crippen LogP contribution is -2.00. The van der Waals surface area contributed by atoms with Crippen LogP contribution < -0.4 is 0 Å². The van der Waals surface area contributed by atoms with Gasteiger partial charge in [0.25, 0.3) is 0 Å². The van der Waals surface area contributed by atoms with Gasteiger partial charge in [-0.1, -0.05) is 152 Å². The van der Waals surface area contributed by atoms with Crippen molar-refractivity contribution in [3.05, 3.63) is 237 Å². The van der Waals surface area contributed by atoms with Crippen LogP contribution in [0.15, 0.2) is 237 Å². The van der Waals surface area contributed by atoms with Gasteiger partial charge in [-0.2, -0.15) is 0 Å². The molecule has 0 saturated carbocycles. The molecular formula is C63H39N5S. The maximum atomic E-state index is 5.16. The van der Waals surface area contributed by atoms with Crippen LogP contribution in [0.1, 0.15) is 0 Å². The fraction of sp³-hybridized carbons (Fsp3) is 0. The van der Waals surface area contributed by atoms with Crippen molar-refractivity contribution in [1.29, 1.82) is 0 Å². The van der Waals surface area contributed by atoms with Crippen LogP contribution >= 0.6 is 11.3 Å². The first-order chi connectivity index (χ1) is 34.2. The quantitative estimate of drug-likeness (QED) is 0.160. The number of benzene rings is 10. The summed E-state index contributed by atoms with van der Waals surface area (Å²) in [7, 11) is 0. The SMILES string of the molecule is c1ccc(-c2nc(-c3ccccc3)nc(-c3cccc4sc5ccc(-c6ccc7c(c6)c6cc(-c8ccc9c(c8)c8ccccc8n9-c8ccccc8)ccc6n7-c6ccccc6)cc5c34)n2)cc1. The lowest BCUT2D eigenvalue weighted by Gasteiger charge is -2.10. The molecule has 0 radical (unpaired) electrons. The van der Waals surface area contributed by atoms with E-state index in [0.29, 0.717) is 17.5 Å². The second-order valence-electron chi connectivity index (χ2n) is 17.6. The minimum Gasteiger partial charge on any atom is -0.309 e. The summed E-state index contributed by atoms with van der Waals surface area (Å²) in [4.78, 5) is 15.3. The van der Waals surface area contributed by atoms with Gasteiger partial charge in [-0.15, -0.1) is 11.3 Å². The molecule has 14 rings (SSSR count). The highest BCUT2D eigenvalue weighted by atomic mass is 32.1. The van der Waals surface area contributed by atoms with Crippen molar-refractivity contribution in [3.8, 4) is 67.8 Å². The maximum Gasteiger partial charge on any atom is 0.164 e. The van der Waals surface area contributed by atoms with Gasteiger partial charge in [-0.25, -0.2) is 15.0 Å². The molecule has 0 bridgehead atoms. The first kappa shape index (κ1) is 39.2. The lowest BCUT2D eigenvalue weighted by molar-refractivity contribution is 1.08. The third-order valence-electron chi connectivity index (χ3n) is 13.6. The summed E-state index contributed by atoms with van der Waals surface area (Å²) in [6.45, 7) is 0. The average Bonchev–Trinajstić information content (AvgIpc) is 4.08. The summed E-state index contributed by atoms with van der Waals surface area (Å²) >= 11 is 1.81. The van der Waals surface area contributed by atoms with Gasteiger partial charge in [-0.3, -0.25) is 0 Å². The third kappa shape index (κ3) is 6.49. The Balaban J connectivity index is 0.931. The molecule has 5 nitrogen and oxygen atoms in total. The third-order valence-corrected chi connectivity index (χ3v) is 14.7. The van der Waals surface area contributed by atoms with Gasteiger partial charge in [0.2, 0.25) is 0 Å². The molecule has 4 heterocycles. The van der Waals surface area contributed by atoms with Crippen molar-refractivity contribution < 1.29 is 0 Å². The molecule has 0 fully saturated rings. The van der Waals surface area contributed by atoms with Gasteiger partial charge in [0.15, 0.2) is 17.5 Å².